The maximum absolute atomic E-state index is 12.6. The van der Waals surface area contributed by atoms with Crippen LogP contribution in [0.1, 0.15) is 34.1 Å². The molecule has 1 aliphatic heterocycles. The number of hydrogen-bond acceptors (Lipinski definition) is 6. The van der Waals surface area contributed by atoms with Gasteiger partial charge in [-0.3, -0.25) is 4.18 Å². The van der Waals surface area contributed by atoms with Crippen molar-refractivity contribution in [3.05, 3.63) is 28.7 Å². The number of ether oxygens (including phenoxy) is 2. The minimum absolute atomic E-state index is 0.0731. The summed E-state index contributed by atoms with van der Waals surface area (Å²) in [7, 11) is -3.94. The molecule has 0 aliphatic carbocycles. The summed E-state index contributed by atoms with van der Waals surface area (Å²) in [4.78, 5) is 13.9. The zero-order valence-electron chi connectivity index (χ0n) is 16.0. The van der Waals surface area contributed by atoms with Crippen LogP contribution in [0.25, 0.3) is 0 Å². The van der Waals surface area contributed by atoms with E-state index in [4.69, 9.17) is 13.7 Å². The molecule has 0 saturated carbocycles. The Morgan fingerprint density at radius 1 is 1.33 bits per heavy atom. The van der Waals surface area contributed by atoms with E-state index in [0.717, 1.165) is 4.47 Å². The maximum atomic E-state index is 12.6. The zero-order chi connectivity index (χ0) is 20.2. The third kappa shape index (κ3) is 6.44. The van der Waals surface area contributed by atoms with Crippen LogP contribution in [-0.2, 0) is 23.8 Å². The average molecular weight is 464 g/mol. The van der Waals surface area contributed by atoms with Crippen LogP contribution < -0.4 is 0 Å². The molecular formula is C18H26BrNO6S. The van der Waals surface area contributed by atoms with Gasteiger partial charge in [0.2, 0.25) is 0 Å². The molecular weight excluding hydrogens is 438 g/mol. The maximum Gasteiger partial charge on any atom is 0.410 e. The Labute approximate surface area is 169 Å². The number of rotatable bonds is 5. The number of carbonyl (C=O) groups excluding carboxylic acids is 1. The first-order chi connectivity index (χ1) is 12.5. The molecule has 0 N–H and O–H groups in total. The predicted molar refractivity (Wildman–Crippen MR) is 104 cm³/mol. The summed E-state index contributed by atoms with van der Waals surface area (Å²) in [6.07, 6.45) is -1.28. The van der Waals surface area contributed by atoms with Gasteiger partial charge in [0.05, 0.1) is 18.0 Å². The van der Waals surface area contributed by atoms with Crippen molar-refractivity contribution >= 4 is 32.1 Å². The number of halogens is 1. The molecule has 1 saturated heterocycles. The average Bonchev–Trinajstić information content (AvgIpc) is 2.59. The van der Waals surface area contributed by atoms with Crippen molar-refractivity contribution in [2.75, 3.05) is 19.7 Å². The van der Waals surface area contributed by atoms with Crippen molar-refractivity contribution in [1.82, 2.24) is 4.90 Å². The van der Waals surface area contributed by atoms with Crippen molar-refractivity contribution < 1.29 is 26.9 Å². The first-order valence-corrected chi connectivity index (χ1v) is 11.0. The van der Waals surface area contributed by atoms with E-state index in [1.54, 1.807) is 32.9 Å². The molecule has 0 aromatic heterocycles. The second-order valence-corrected chi connectivity index (χ2v) is 9.77. The first-order valence-electron chi connectivity index (χ1n) is 8.80. The van der Waals surface area contributed by atoms with E-state index in [-0.39, 0.29) is 11.4 Å². The van der Waals surface area contributed by atoms with Gasteiger partial charge in [0.15, 0.2) is 0 Å². The Hall–Kier alpha value is -1.16. The highest BCUT2D eigenvalue weighted by Crippen LogP contribution is 2.23. The zero-order valence-corrected chi connectivity index (χ0v) is 18.4. The van der Waals surface area contributed by atoms with E-state index >= 15 is 0 Å². The molecule has 1 fully saturated rings. The largest absolute Gasteiger partial charge is 0.444 e. The lowest BCUT2D eigenvalue weighted by Crippen LogP contribution is -2.51. The molecule has 2 atom stereocenters. The molecule has 27 heavy (non-hydrogen) atoms. The molecule has 0 radical (unpaired) electrons. The van der Waals surface area contributed by atoms with Gasteiger partial charge in [0, 0.05) is 11.0 Å². The minimum atomic E-state index is -3.94. The van der Waals surface area contributed by atoms with E-state index in [1.807, 2.05) is 6.92 Å². The fraction of sp³-hybridized carbons (Fsp3) is 0.611. The van der Waals surface area contributed by atoms with Gasteiger partial charge in [-0.2, -0.15) is 8.42 Å². The molecule has 1 aromatic carbocycles. The lowest BCUT2D eigenvalue weighted by Gasteiger charge is -2.36. The van der Waals surface area contributed by atoms with E-state index in [1.165, 1.54) is 17.0 Å². The van der Waals surface area contributed by atoms with Crippen LogP contribution >= 0.6 is 15.9 Å². The fourth-order valence-electron chi connectivity index (χ4n) is 2.61. The number of benzene rings is 1. The standard InChI is InChI=1S/C18H26BrNO6S/c1-5-15(26-27(22,23)14-8-6-13(19)7-9-14)16-12-20(10-11-24-16)17(21)25-18(2,3)4/h6-9,15-16H,5,10-12H2,1-4H3/t15-,16+/m0/s1. The van der Waals surface area contributed by atoms with Crippen molar-refractivity contribution in [2.24, 2.45) is 0 Å². The van der Waals surface area contributed by atoms with Crippen molar-refractivity contribution in [2.45, 2.75) is 56.8 Å². The van der Waals surface area contributed by atoms with Crippen molar-refractivity contribution in [3.8, 4) is 0 Å². The summed E-state index contributed by atoms with van der Waals surface area (Å²) in [6, 6.07) is 6.22. The Morgan fingerprint density at radius 3 is 2.52 bits per heavy atom. The van der Waals surface area contributed by atoms with Crippen LogP contribution in [0.3, 0.4) is 0 Å². The van der Waals surface area contributed by atoms with Gasteiger partial charge in [0.1, 0.15) is 17.8 Å². The molecule has 2 rings (SSSR count). The number of nitrogens with zero attached hydrogens (tertiary/aromatic N) is 1. The Morgan fingerprint density at radius 2 is 1.96 bits per heavy atom. The fourth-order valence-corrected chi connectivity index (χ4v) is 4.04. The molecule has 1 aromatic rings. The SMILES string of the molecule is CC[C@H](OS(=O)(=O)c1ccc(Br)cc1)[C@H]1CN(C(=O)OC(C)(C)C)CCO1. The van der Waals surface area contributed by atoms with Crippen LogP contribution in [0.4, 0.5) is 4.79 Å². The molecule has 1 amide bonds. The van der Waals surface area contributed by atoms with E-state index in [2.05, 4.69) is 15.9 Å². The Kier molecular flexibility index (Phi) is 7.29. The lowest BCUT2D eigenvalue weighted by atomic mass is 10.1. The predicted octanol–water partition coefficient (Wildman–Crippen LogP) is 3.57. The Bertz CT molecular complexity index is 744. The van der Waals surface area contributed by atoms with Crippen molar-refractivity contribution in [1.29, 1.82) is 0 Å². The van der Waals surface area contributed by atoms with Gasteiger partial charge in [-0.05, 0) is 51.5 Å². The molecule has 152 valence electrons. The normalized spacial score (nSPS) is 19.6. The highest BCUT2D eigenvalue weighted by molar-refractivity contribution is 9.10. The summed E-state index contributed by atoms with van der Waals surface area (Å²) < 4.78 is 42.4. The van der Waals surface area contributed by atoms with Gasteiger partial charge in [-0.1, -0.05) is 22.9 Å². The molecule has 0 spiro atoms. The summed E-state index contributed by atoms with van der Waals surface area (Å²) in [5, 5.41) is 0. The van der Waals surface area contributed by atoms with Gasteiger partial charge >= 0.3 is 6.09 Å². The second kappa shape index (κ2) is 8.89. The molecule has 1 heterocycles. The van der Waals surface area contributed by atoms with Crippen LogP contribution in [-0.4, -0.2) is 56.9 Å². The lowest BCUT2D eigenvalue weighted by molar-refractivity contribution is -0.0815. The number of carbonyl (C=O) groups is 1. The monoisotopic (exact) mass is 463 g/mol. The minimum Gasteiger partial charge on any atom is -0.444 e. The second-order valence-electron chi connectivity index (χ2n) is 7.29. The highest BCUT2D eigenvalue weighted by Gasteiger charge is 2.35. The summed E-state index contributed by atoms with van der Waals surface area (Å²) >= 11 is 3.28. The quantitative estimate of drug-likeness (QED) is 0.620. The number of morpholine rings is 1. The first kappa shape index (κ1) is 22.1. The van der Waals surface area contributed by atoms with Crippen molar-refractivity contribution in [3.63, 3.8) is 0 Å². The van der Waals surface area contributed by atoms with Gasteiger partial charge < -0.3 is 14.4 Å². The third-order valence-corrected chi connectivity index (χ3v) is 5.79. The van der Waals surface area contributed by atoms with Crippen LogP contribution in [0.15, 0.2) is 33.6 Å². The summed E-state index contributed by atoms with van der Waals surface area (Å²) in [5.41, 5.74) is -0.601. The van der Waals surface area contributed by atoms with Gasteiger partial charge in [0.25, 0.3) is 10.1 Å². The van der Waals surface area contributed by atoms with Crippen LogP contribution in [0.2, 0.25) is 0 Å². The number of amides is 1. The molecule has 1 aliphatic rings. The van der Waals surface area contributed by atoms with E-state index in [0.29, 0.717) is 19.6 Å². The molecule has 0 unspecified atom stereocenters. The number of hydrogen-bond donors (Lipinski definition) is 0. The third-order valence-electron chi connectivity index (χ3n) is 3.91. The molecule has 7 nitrogen and oxygen atoms in total. The Balaban J connectivity index is 2.07. The van der Waals surface area contributed by atoms with Crippen LogP contribution in [0.5, 0.6) is 0 Å². The van der Waals surface area contributed by atoms with Gasteiger partial charge in [-0.25, -0.2) is 4.79 Å². The smallest absolute Gasteiger partial charge is 0.410 e. The summed E-state index contributed by atoms with van der Waals surface area (Å²) in [5.74, 6) is 0. The highest BCUT2D eigenvalue weighted by atomic mass is 79.9. The van der Waals surface area contributed by atoms with Crippen LogP contribution in [0, 0.1) is 0 Å². The molecule has 0 bridgehead atoms. The van der Waals surface area contributed by atoms with E-state index in [9.17, 15) is 13.2 Å². The van der Waals surface area contributed by atoms with Gasteiger partial charge in [-0.15, -0.1) is 0 Å². The van der Waals surface area contributed by atoms with E-state index < -0.39 is 34.0 Å². The summed E-state index contributed by atoms with van der Waals surface area (Å²) in [6.45, 7) is 8.10. The molecule has 9 heteroatoms. The topological polar surface area (TPSA) is 82.1 Å².